The molecule has 1 aromatic rings. The Labute approximate surface area is 140 Å². The number of unbranched alkanes of at least 4 members (excludes halogenated alkanes) is 3. The van der Waals surface area contributed by atoms with E-state index in [9.17, 15) is 4.79 Å². The number of rotatable bonds is 8. The van der Waals surface area contributed by atoms with E-state index in [1.807, 2.05) is 30.3 Å². The molecule has 1 aromatic carbocycles. The molecule has 0 heterocycles. The molecule has 1 aliphatic rings. The minimum absolute atomic E-state index is 0.0946. The van der Waals surface area contributed by atoms with Crippen LogP contribution in [0.3, 0.4) is 0 Å². The standard InChI is InChI=1S/C20H29NO2/c1-2-3-4-5-9-16-19(17-12-10-11-13-17)23-20(22)21-18-14-7-6-8-15-18/h6-9,14-17,19H,2-5,10-13H2,1H3,(H,21,22)/b16-9+. The summed E-state index contributed by atoms with van der Waals surface area (Å²) in [5.74, 6) is 0.471. The van der Waals surface area contributed by atoms with Gasteiger partial charge >= 0.3 is 6.09 Å². The third-order valence-corrected chi connectivity index (χ3v) is 4.43. The zero-order valence-electron chi connectivity index (χ0n) is 14.2. The van der Waals surface area contributed by atoms with Crippen molar-refractivity contribution in [2.75, 3.05) is 5.32 Å². The Bertz CT molecular complexity index is 478. The number of para-hydroxylation sites is 1. The van der Waals surface area contributed by atoms with E-state index in [0.29, 0.717) is 5.92 Å². The highest BCUT2D eigenvalue weighted by Crippen LogP contribution is 2.30. The monoisotopic (exact) mass is 315 g/mol. The van der Waals surface area contributed by atoms with Crippen molar-refractivity contribution in [3.05, 3.63) is 42.5 Å². The molecule has 0 aromatic heterocycles. The van der Waals surface area contributed by atoms with Crippen LogP contribution >= 0.6 is 0 Å². The zero-order chi connectivity index (χ0) is 16.3. The van der Waals surface area contributed by atoms with Crippen molar-refractivity contribution < 1.29 is 9.53 Å². The Morgan fingerprint density at radius 1 is 1.26 bits per heavy atom. The molecular weight excluding hydrogens is 286 g/mol. The van der Waals surface area contributed by atoms with Crippen molar-refractivity contribution >= 4 is 11.8 Å². The lowest BCUT2D eigenvalue weighted by Crippen LogP contribution is -2.26. The van der Waals surface area contributed by atoms with Crippen molar-refractivity contribution in [2.45, 2.75) is 64.4 Å². The van der Waals surface area contributed by atoms with Gasteiger partial charge < -0.3 is 4.74 Å². The Balaban J connectivity index is 1.87. The van der Waals surface area contributed by atoms with Crippen molar-refractivity contribution in [1.29, 1.82) is 0 Å². The number of nitrogens with one attached hydrogen (secondary N) is 1. The van der Waals surface area contributed by atoms with Gasteiger partial charge in [0.2, 0.25) is 0 Å². The van der Waals surface area contributed by atoms with Crippen LogP contribution in [0, 0.1) is 5.92 Å². The first kappa shape index (κ1) is 17.6. The van der Waals surface area contributed by atoms with Gasteiger partial charge in [-0.05, 0) is 49.8 Å². The Kier molecular flexibility index (Phi) is 7.71. The lowest BCUT2D eigenvalue weighted by molar-refractivity contribution is 0.102. The van der Waals surface area contributed by atoms with Crippen LogP contribution in [0.5, 0.6) is 0 Å². The molecule has 0 bridgehead atoms. The number of ether oxygens (including phenoxy) is 1. The Morgan fingerprint density at radius 2 is 2.00 bits per heavy atom. The number of hydrogen-bond acceptors (Lipinski definition) is 2. The lowest BCUT2D eigenvalue weighted by Gasteiger charge is -2.21. The van der Waals surface area contributed by atoms with Gasteiger partial charge in [-0.25, -0.2) is 4.79 Å². The second kappa shape index (κ2) is 10.1. The highest BCUT2D eigenvalue weighted by atomic mass is 16.6. The van der Waals surface area contributed by atoms with Gasteiger partial charge in [0.15, 0.2) is 0 Å². The summed E-state index contributed by atoms with van der Waals surface area (Å²) in [6.45, 7) is 2.21. The Morgan fingerprint density at radius 3 is 2.70 bits per heavy atom. The van der Waals surface area contributed by atoms with E-state index in [0.717, 1.165) is 24.9 Å². The van der Waals surface area contributed by atoms with E-state index in [1.54, 1.807) is 0 Å². The first-order valence-electron chi connectivity index (χ1n) is 8.99. The molecule has 0 spiro atoms. The fourth-order valence-corrected chi connectivity index (χ4v) is 3.11. The molecule has 1 aliphatic carbocycles. The topological polar surface area (TPSA) is 38.3 Å². The molecule has 126 valence electrons. The smallest absolute Gasteiger partial charge is 0.412 e. The first-order valence-corrected chi connectivity index (χ1v) is 8.99. The summed E-state index contributed by atoms with van der Waals surface area (Å²) in [5, 5.41) is 2.81. The fourth-order valence-electron chi connectivity index (χ4n) is 3.11. The van der Waals surface area contributed by atoms with Crippen molar-refractivity contribution in [2.24, 2.45) is 5.92 Å². The van der Waals surface area contributed by atoms with Crippen LogP contribution in [0.2, 0.25) is 0 Å². The molecule has 3 nitrogen and oxygen atoms in total. The summed E-state index contributed by atoms with van der Waals surface area (Å²) >= 11 is 0. The van der Waals surface area contributed by atoms with Crippen LogP contribution in [-0.4, -0.2) is 12.2 Å². The number of carbonyl (C=O) groups is 1. The van der Waals surface area contributed by atoms with Crippen LogP contribution in [0.25, 0.3) is 0 Å². The average molecular weight is 315 g/mol. The maximum atomic E-state index is 12.1. The van der Waals surface area contributed by atoms with E-state index in [2.05, 4.69) is 24.4 Å². The van der Waals surface area contributed by atoms with E-state index < -0.39 is 0 Å². The summed E-state index contributed by atoms with van der Waals surface area (Å²) in [4.78, 5) is 12.1. The normalized spacial score (nSPS) is 16.6. The predicted molar refractivity (Wildman–Crippen MR) is 95.6 cm³/mol. The average Bonchev–Trinajstić information content (AvgIpc) is 3.09. The molecule has 0 radical (unpaired) electrons. The molecule has 0 aliphatic heterocycles. The molecule has 1 N–H and O–H groups in total. The number of hydrogen-bond donors (Lipinski definition) is 1. The van der Waals surface area contributed by atoms with Crippen LogP contribution in [-0.2, 0) is 4.74 Å². The number of anilines is 1. The van der Waals surface area contributed by atoms with Gasteiger partial charge in [0.25, 0.3) is 0 Å². The molecule has 1 saturated carbocycles. The largest absolute Gasteiger partial charge is 0.441 e. The van der Waals surface area contributed by atoms with Crippen molar-refractivity contribution in [3.63, 3.8) is 0 Å². The highest BCUT2D eigenvalue weighted by Gasteiger charge is 2.26. The second-order valence-corrected chi connectivity index (χ2v) is 6.33. The summed E-state index contributed by atoms with van der Waals surface area (Å²) < 4.78 is 5.71. The van der Waals surface area contributed by atoms with Crippen LogP contribution in [0.15, 0.2) is 42.5 Å². The van der Waals surface area contributed by atoms with Gasteiger partial charge in [0, 0.05) is 5.69 Å². The maximum absolute atomic E-state index is 12.1. The zero-order valence-corrected chi connectivity index (χ0v) is 14.2. The van der Waals surface area contributed by atoms with E-state index in [-0.39, 0.29) is 12.2 Å². The molecular formula is C20H29NO2. The van der Waals surface area contributed by atoms with Gasteiger partial charge in [0.1, 0.15) is 6.10 Å². The predicted octanol–water partition coefficient (Wildman–Crippen LogP) is 5.93. The number of benzene rings is 1. The third kappa shape index (κ3) is 6.47. The van der Waals surface area contributed by atoms with Crippen LogP contribution < -0.4 is 5.32 Å². The minimum Gasteiger partial charge on any atom is -0.441 e. The van der Waals surface area contributed by atoms with Crippen molar-refractivity contribution in [1.82, 2.24) is 0 Å². The SMILES string of the molecule is CCCCC/C=C/C(OC(=O)Nc1ccccc1)C1CCCC1. The third-order valence-electron chi connectivity index (χ3n) is 4.43. The minimum atomic E-state index is -0.355. The van der Waals surface area contributed by atoms with Gasteiger partial charge in [-0.1, -0.05) is 56.9 Å². The molecule has 1 unspecified atom stereocenters. The molecule has 3 heteroatoms. The van der Waals surface area contributed by atoms with Gasteiger partial charge in [-0.2, -0.15) is 0 Å². The summed E-state index contributed by atoms with van der Waals surface area (Å²) in [6, 6.07) is 9.46. The molecule has 0 saturated heterocycles. The van der Waals surface area contributed by atoms with Crippen molar-refractivity contribution in [3.8, 4) is 0 Å². The summed E-state index contributed by atoms with van der Waals surface area (Å²) in [7, 11) is 0. The van der Waals surface area contributed by atoms with Gasteiger partial charge in [0.05, 0.1) is 0 Å². The summed E-state index contributed by atoms with van der Waals surface area (Å²) in [5.41, 5.74) is 0.773. The second-order valence-electron chi connectivity index (χ2n) is 6.33. The van der Waals surface area contributed by atoms with Gasteiger partial charge in [-0.3, -0.25) is 5.32 Å². The summed E-state index contributed by atoms with van der Waals surface area (Å²) in [6.07, 6.45) is 13.4. The molecule has 2 rings (SSSR count). The lowest BCUT2D eigenvalue weighted by atomic mass is 10.00. The van der Waals surface area contributed by atoms with Gasteiger partial charge in [-0.15, -0.1) is 0 Å². The number of amides is 1. The van der Waals surface area contributed by atoms with Crippen LogP contribution in [0.4, 0.5) is 10.5 Å². The molecule has 23 heavy (non-hydrogen) atoms. The van der Waals surface area contributed by atoms with Crippen LogP contribution in [0.1, 0.15) is 58.3 Å². The number of allylic oxidation sites excluding steroid dienone is 1. The first-order chi connectivity index (χ1) is 11.3. The molecule has 1 atom stereocenters. The highest BCUT2D eigenvalue weighted by molar-refractivity contribution is 5.84. The van der Waals surface area contributed by atoms with E-state index >= 15 is 0 Å². The van der Waals surface area contributed by atoms with E-state index in [4.69, 9.17) is 4.74 Å². The van der Waals surface area contributed by atoms with E-state index in [1.165, 1.54) is 32.1 Å². The quantitative estimate of drug-likeness (QED) is 0.477. The fraction of sp³-hybridized carbons (Fsp3) is 0.550. The Hall–Kier alpha value is -1.77. The molecule has 1 fully saturated rings. The number of carbonyl (C=O) groups excluding carboxylic acids is 1. The maximum Gasteiger partial charge on any atom is 0.412 e. The molecule has 1 amide bonds.